The third-order valence-electron chi connectivity index (χ3n) is 6.48. The SMILES string of the molecule is CCN(Cc1ccccc1)c1ccc(/C=C(\C#N)c2nnc(N3CCOCC3)n2-c2ccccc2)cc1. The Hall–Kier alpha value is -4.41. The van der Waals surface area contributed by atoms with Gasteiger partial charge < -0.3 is 14.5 Å². The van der Waals surface area contributed by atoms with E-state index in [0.717, 1.165) is 49.1 Å². The van der Waals surface area contributed by atoms with Crippen LogP contribution in [0.3, 0.4) is 0 Å². The first-order valence-corrected chi connectivity index (χ1v) is 12.6. The van der Waals surface area contributed by atoms with Crippen LogP contribution in [-0.2, 0) is 11.3 Å². The van der Waals surface area contributed by atoms with Crippen molar-refractivity contribution in [3.8, 4) is 11.8 Å². The van der Waals surface area contributed by atoms with Crippen molar-refractivity contribution in [3.05, 3.63) is 102 Å². The maximum Gasteiger partial charge on any atom is 0.232 e. The number of benzene rings is 3. The van der Waals surface area contributed by atoms with Crippen molar-refractivity contribution in [3.63, 3.8) is 0 Å². The smallest absolute Gasteiger partial charge is 0.232 e. The molecule has 0 aliphatic carbocycles. The van der Waals surface area contributed by atoms with Crippen molar-refractivity contribution in [2.24, 2.45) is 0 Å². The second kappa shape index (κ2) is 11.5. The first kappa shape index (κ1) is 24.3. The molecule has 1 fully saturated rings. The summed E-state index contributed by atoms with van der Waals surface area (Å²) in [5, 5.41) is 19.1. The number of anilines is 2. The number of aromatic nitrogens is 3. The van der Waals surface area contributed by atoms with E-state index in [1.807, 2.05) is 59.2 Å². The standard InChI is InChI=1S/C30H30N6O/c1-2-34(23-25-9-5-3-6-10-25)27-15-13-24(14-16-27)21-26(22-31)29-32-33-30(35-17-19-37-20-18-35)36(29)28-11-7-4-8-12-28/h3-16,21H,2,17-20,23H2,1H3/b26-21+. The highest BCUT2D eigenvalue weighted by atomic mass is 16.5. The molecule has 0 unspecified atom stereocenters. The van der Waals surface area contributed by atoms with Gasteiger partial charge in [-0.05, 0) is 48.4 Å². The van der Waals surface area contributed by atoms with Gasteiger partial charge in [-0.1, -0.05) is 60.7 Å². The van der Waals surface area contributed by atoms with Crippen molar-refractivity contribution < 1.29 is 4.74 Å². The van der Waals surface area contributed by atoms with Crippen LogP contribution in [0.1, 0.15) is 23.9 Å². The Kier molecular flexibility index (Phi) is 7.58. The van der Waals surface area contributed by atoms with E-state index in [1.165, 1.54) is 5.56 Å². The van der Waals surface area contributed by atoms with E-state index in [2.05, 4.69) is 69.4 Å². The molecule has 1 aliphatic rings. The number of morpholine rings is 1. The summed E-state index contributed by atoms with van der Waals surface area (Å²) in [6, 6.07) is 31.1. The lowest BCUT2D eigenvalue weighted by molar-refractivity contribution is 0.122. The van der Waals surface area contributed by atoms with Gasteiger partial charge in [-0.3, -0.25) is 4.57 Å². The van der Waals surface area contributed by atoms with Crippen LogP contribution in [0.5, 0.6) is 0 Å². The summed E-state index contributed by atoms with van der Waals surface area (Å²) in [7, 11) is 0. The zero-order valence-electron chi connectivity index (χ0n) is 21.0. The molecule has 2 heterocycles. The Labute approximate surface area is 217 Å². The van der Waals surface area contributed by atoms with E-state index < -0.39 is 0 Å². The second-order valence-corrected chi connectivity index (χ2v) is 8.86. The highest BCUT2D eigenvalue weighted by molar-refractivity contribution is 5.88. The van der Waals surface area contributed by atoms with E-state index in [4.69, 9.17) is 4.74 Å². The minimum atomic E-state index is 0.459. The third kappa shape index (κ3) is 5.55. The molecule has 3 aromatic carbocycles. The number of hydrogen-bond acceptors (Lipinski definition) is 6. The molecule has 1 saturated heterocycles. The molecule has 37 heavy (non-hydrogen) atoms. The fourth-order valence-corrected chi connectivity index (χ4v) is 4.52. The summed E-state index contributed by atoms with van der Waals surface area (Å²) in [5.74, 6) is 1.25. The number of ether oxygens (including phenoxy) is 1. The van der Waals surface area contributed by atoms with Crippen molar-refractivity contribution in [2.45, 2.75) is 13.5 Å². The summed E-state index contributed by atoms with van der Waals surface area (Å²) >= 11 is 0. The monoisotopic (exact) mass is 490 g/mol. The number of nitrogens with zero attached hydrogens (tertiary/aromatic N) is 6. The molecule has 0 amide bonds. The van der Waals surface area contributed by atoms with E-state index in [9.17, 15) is 5.26 Å². The summed E-state index contributed by atoms with van der Waals surface area (Å²) in [6.45, 7) is 6.65. The molecule has 186 valence electrons. The Morgan fingerprint density at radius 3 is 2.27 bits per heavy atom. The molecule has 0 radical (unpaired) electrons. The van der Waals surface area contributed by atoms with E-state index in [-0.39, 0.29) is 0 Å². The van der Waals surface area contributed by atoms with Gasteiger partial charge in [-0.25, -0.2) is 0 Å². The van der Waals surface area contributed by atoms with Gasteiger partial charge in [0.25, 0.3) is 0 Å². The molecular formula is C30H30N6O. The van der Waals surface area contributed by atoms with Gasteiger partial charge >= 0.3 is 0 Å². The summed E-state index contributed by atoms with van der Waals surface area (Å²) in [5.41, 5.74) is 4.73. The molecule has 0 atom stereocenters. The predicted molar refractivity (Wildman–Crippen MR) is 147 cm³/mol. The highest BCUT2D eigenvalue weighted by Gasteiger charge is 2.23. The maximum atomic E-state index is 10.1. The molecule has 4 aromatic rings. The van der Waals surface area contributed by atoms with Crippen molar-refractivity contribution in [1.82, 2.24) is 14.8 Å². The molecule has 0 saturated carbocycles. The molecule has 7 heteroatoms. The first-order valence-electron chi connectivity index (χ1n) is 12.6. The van der Waals surface area contributed by atoms with Crippen LogP contribution >= 0.6 is 0 Å². The zero-order valence-corrected chi connectivity index (χ0v) is 21.0. The van der Waals surface area contributed by atoms with Gasteiger partial charge in [0, 0.05) is 31.9 Å². The van der Waals surface area contributed by atoms with Crippen molar-refractivity contribution >= 4 is 23.3 Å². The summed E-state index contributed by atoms with van der Waals surface area (Å²) in [4.78, 5) is 4.48. The van der Waals surface area contributed by atoms with Gasteiger partial charge in [0.2, 0.25) is 5.95 Å². The molecule has 0 spiro atoms. The minimum Gasteiger partial charge on any atom is -0.378 e. The molecule has 0 bridgehead atoms. The Bertz CT molecular complexity index is 1370. The first-order chi connectivity index (χ1) is 18.3. The van der Waals surface area contributed by atoms with Crippen LogP contribution < -0.4 is 9.80 Å². The number of para-hydroxylation sites is 1. The van der Waals surface area contributed by atoms with Gasteiger partial charge in [-0.15, -0.1) is 10.2 Å². The number of rotatable bonds is 8. The van der Waals surface area contributed by atoms with Crippen LogP contribution in [0.4, 0.5) is 11.6 Å². The predicted octanol–water partition coefficient (Wildman–Crippen LogP) is 5.19. The quantitative estimate of drug-likeness (QED) is 0.317. The highest BCUT2D eigenvalue weighted by Crippen LogP contribution is 2.27. The van der Waals surface area contributed by atoms with E-state index in [0.29, 0.717) is 24.6 Å². The molecule has 0 N–H and O–H groups in total. The van der Waals surface area contributed by atoms with Gasteiger partial charge in [0.1, 0.15) is 6.07 Å². The van der Waals surface area contributed by atoms with Crippen molar-refractivity contribution in [2.75, 3.05) is 42.6 Å². The zero-order chi connectivity index (χ0) is 25.5. The van der Waals surface area contributed by atoms with Gasteiger partial charge in [-0.2, -0.15) is 5.26 Å². The lowest BCUT2D eigenvalue weighted by Crippen LogP contribution is -2.38. The molecule has 7 nitrogen and oxygen atoms in total. The third-order valence-corrected chi connectivity index (χ3v) is 6.48. The molecular weight excluding hydrogens is 460 g/mol. The average molecular weight is 491 g/mol. The number of allylic oxidation sites excluding steroid dienone is 1. The van der Waals surface area contributed by atoms with Gasteiger partial charge in [0.15, 0.2) is 5.82 Å². The Morgan fingerprint density at radius 2 is 1.62 bits per heavy atom. The minimum absolute atomic E-state index is 0.459. The lowest BCUT2D eigenvalue weighted by Gasteiger charge is -2.28. The average Bonchev–Trinajstić information content (AvgIpc) is 3.41. The topological polar surface area (TPSA) is 70.2 Å². The van der Waals surface area contributed by atoms with Crippen LogP contribution in [0.25, 0.3) is 17.3 Å². The Balaban J connectivity index is 1.45. The second-order valence-electron chi connectivity index (χ2n) is 8.86. The molecule has 1 aliphatic heterocycles. The lowest BCUT2D eigenvalue weighted by atomic mass is 10.1. The van der Waals surface area contributed by atoms with E-state index >= 15 is 0 Å². The Morgan fingerprint density at radius 1 is 0.946 bits per heavy atom. The van der Waals surface area contributed by atoms with Gasteiger partial charge in [0.05, 0.1) is 24.5 Å². The van der Waals surface area contributed by atoms with Crippen LogP contribution in [0.2, 0.25) is 0 Å². The van der Waals surface area contributed by atoms with E-state index in [1.54, 1.807) is 0 Å². The summed E-state index contributed by atoms with van der Waals surface area (Å²) < 4.78 is 7.49. The van der Waals surface area contributed by atoms with Crippen molar-refractivity contribution in [1.29, 1.82) is 5.26 Å². The molecule has 5 rings (SSSR count). The van der Waals surface area contributed by atoms with Crippen LogP contribution in [0, 0.1) is 11.3 Å². The maximum absolute atomic E-state index is 10.1. The van der Waals surface area contributed by atoms with Crippen LogP contribution in [0.15, 0.2) is 84.9 Å². The largest absolute Gasteiger partial charge is 0.378 e. The number of hydrogen-bond donors (Lipinski definition) is 0. The fraction of sp³-hybridized carbons (Fsp3) is 0.233. The van der Waals surface area contributed by atoms with Crippen LogP contribution in [-0.4, -0.2) is 47.6 Å². The number of nitriles is 1. The fourth-order valence-electron chi connectivity index (χ4n) is 4.52. The molecule has 1 aromatic heterocycles. The summed E-state index contributed by atoms with van der Waals surface area (Å²) in [6.07, 6.45) is 1.88. The normalized spacial score (nSPS) is 13.8.